The lowest BCUT2D eigenvalue weighted by atomic mass is 9.94. The van der Waals surface area contributed by atoms with Gasteiger partial charge in [0.25, 0.3) is 0 Å². The Bertz CT molecular complexity index is 409. The second kappa shape index (κ2) is 36.0. The van der Waals surface area contributed by atoms with Crippen LogP contribution in [0.2, 0.25) is 0 Å². The summed E-state index contributed by atoms with van der Waals surface area (Å²) in [7, 11) is 0. The fourth-order valence-electron chi connectivity index (χ4n) is 6.15. The molecule has 0 spiro atoms. The maximum atomic E-state index is 9.09. The lowest BCUT2D eigenvalue weighted by molar-refractivity contribution is 0.125. The predicted octanol–water partition coefficient (Wildman–Crippen LogP) is 9.13. The molecular weight excluding hydrogens is 512 g/mol. The van der Waals surface area contributed by atoms with E-state index in [0.29, 0.717) is 11.8 Å². The quantitative estimate of drug-likeness (QED) is 0.0550. The minimum absolute atomic E-state index is 0.254. The molecule has 0 atom stereocenters. The van der Waals surface area contributed by atoms with E-state index >= 15 is 0 Å². The highest BCUT2D eigenvalue weighted by atomic mass is 16.5. The predicted molar refractivity (Wildman–Crippen MR) is 175 cm³/mol. The first-order chi connectivity index (χ1) is 20.3. The van der Waals surface area contributed by atoms with Crippen LogP contribution < -0.4 is 0 Å². The molecule has 0 aromatic heterocycles. The van der Waals surface area contributed by atoms with Crippen LogP contribution in [-0.4, -0.2) is 60.1 Å². The Morgan fingerprint density at radius 3 is 0.732 bits per heavy atom. The van der Waals surface area contributed by atoms with Crippen molar-refractivity contribution in [3.63, 3.8) is 0 Å². The van der Waals surface area contributed by atoms with Gasteiger partial charge in [-0.2, -0.15) is 0 Å². The van der Waals surface area contributed by atoms with Crippen LogP contribution >= 0.6 is 0 Å². The summed E-state index contributed by atoms with van der Waals surface area (Å²) < 4.78 is 5.85. The highest BCUT2D eigenvalue weighted by Crippen LogP contribution is 2.20. The Hall–Kier alpha value is -0.200. The van der Waals surface area contributed by atoms with Crippen LogP contribution in [0.25, 0.3) is 0 Å². The van der Waals surface area contributed by atoms with E-state index in [1.165, 1.54) is 141 Å². The molecule has 0 fully saturated rings. The Morgan fingerprint density at radius 2 is 0.488 bits per heavy atom. The number of unbranched alkanes of at least 4 members (excludes halogenated alkanes) is 20. The van der Waals surface area contributed by atoms with Gasteiger partial charge in [0, 0.05) is 39.6 Å². The minimum atomic E-state index is 0.254. The van der Waals surface area contributed by atoms with Crippen LogP contribution in [0.15, 0.2) is 0 Å². The standard InChI is InChI=1S/C36H74O5/c37-29-25-35(26-30-38)23-19-15-11-7-3-1-5-9-13-17-21-33-41-34-22-18-14-10-6-2-4-8-12-16-20-24-36(27-31-39)28-32-40/h35-40H,1-34H2. The molecule has 0 unspecified atom stereocenters. The summed E-state index contributed by atoms with van der Waals surface area (Å²) in [6, 6.07) is 0. The molecular formula is C36H74O5. The van der Waals surface area contributed by atoms with Crippen molar-refractivity contribution in [3.05, 3.63) is 0 Å². The molecule has 5 heteroatoms. The number of aliphatic hydroxyl groups excluding tert-OH is 4. The van der Waals surface area contributed by atoms with Gasteiger partial charge < -0.3 is 25.2 Å². The third-order valence-electron chi connectivity index (χ3n) is 8.95. The molecule has 0 aliphatic carbocycles. The normalized spacial score (nSPS) is 11.9. The second-order valence-electron chi connectivity index (χ2n) is 12.7. The molecule has 4 N–H and O–H groups in total. The van der Waals surface area contributed by atoms with Crippen LogP contribution in [0.3, 0.4) is 0 Å². The zero-order valence-corrected chi connectivity index (χ0v) is 27.4. The maximum Gasteiger partial charge on any atom is 0.0466 e. The molecule has 0 amide bonds. The highest BCUT2D eigenvalue weighted by Gasteiger charge is 2.08. The molecule has 41 heavy (non-hydrogen) atoms. The molecule has 0 aliphatic rings. The van der Waals surface area contributed by atoms with Crippen LogP contribution in [-0.2, 0) is 4.74 Å². The van der Waals surface area contributed by atoms with Crippen LogP contribution in [0.5, 0.6) is 0 Å². The van der Waals surface area contributed by atoms with Crippen molar-refractivity contribution in [1.82, 2.24) is 0 Å². The molecule has 0 saturated carbocycles. The van der Waals surface area contributed by atoms with E-state index in [1.807, 2.05) is 0 Å². The van der Waals surface area contributed by atoms with E-state index in [2.05, 4.69) is 0 Å². The number of hydrogen-bond donors (Lipinski definition) is 4. The van der Waals surface area contributed by atoms with Crippen LogP contribution in [0, 0.1) is 11.8 Å². The fourth-order valence-corrected chi connectivity index (χ4v) is 6.15. The zero-order chi connectivity index (χ0) is 29.9. The number of hydrogen-bond acceptors (Lipinski definition) is 5. The average Bonchev–Trinajstić information content (AvgIpc) is 2.97. The van der Waals surface area contributed by atoms with Gasteiger partial charge in [-0.1, -0.05) is 141 Å². The third-order valence-corrected chi connectivity index (χ3v) is 8.95. The zero-order valence-electron chi connectivity index (χ0n) is 27.4. The van der Waals surface area contributed by atoms with Crippen molar-refractivity contribution in [2.75, 3.05) is 39.6 Å². The largest absolute Gasteiger partial charge is 0.396 e. The van der Waals surface area contributed by atoms with E-state index in [-0.39, 0.29) is 26.4 Å². The van der Waals surface area contributed by atoms with Crippen molar-refractivity contribution in [2.45, 2.75) is 180 Å². The van der Waals surface area contributed by atoms with E-state index in [4.69, 9.17) is 25.2 Å². The topological polar surface area (TPSA) is 90.2 Å². The van der Waals surface area contributed by atoms with Crippen molar-refractivity contribution >= 4 is 0 Å². The molecule has 0 aromatic rings. The molecule has 248 valence electrons. The van der Waals surface area contributed by atoms with E-state index < -0.39 is 0 Å². The SMILES string of the molecule is OCCC(CCO)CCCCCCCCCCCCCOCCCCCCCCCCCCCC(CCO)CCO. The monoisotopic (exact) mass is 587 g/mol. The smallest absolute Gasteiger partial charge is 0.0466 e. The van der Waals surface area contributed by atoms with Crippen molar-refractivity contribution in [2.24, 2.45) is 11.8 Å². The Balaban J connectivity index is 3.17. The Kier molecular flexibility index (Phi) is 35.8. The number of ether oxygens (including phenoxy) is 1. The Morgan fingerprint density at radius 1 is 0.268 bits per heavy atom. The van der Waals surface area contributed by atoms with Gasteiger partial charge in [-0.15, -0.1) is 0 Å². The van der Waals surface area contributed by atoms with Crippen LogP contribution in [0.1, 0.15) is 180 Å². The highest BCUT2D eigenvalue weighted by molar-refractivity contribution is 4.60. The number of rotatable bonds is 36. The van der Waals surface area contributed by atoms with Gasteiger partial charge in [-0.25, -0.2) is 0 Å². The first kappa shape index (κ1) is 40.8. The number of aliphatic hydroxyl groups is 4. The molecule has 0 bridgehead atoms. The lowest BCUT2D eigenvalue weighted by Crippen LogP contribution is -2.05. The summed E-state index contributed by atoms with van der Waals surface area (Å²) in [5.74, 6) is 1.02. The molecule has 0 rings (SSSR count). The first-order valence-electron chi connectivity index (χ1n) is 18.3. The van der Waals surface area contributed by atoms with Gasteiger partial charge in [-0.05, 0) is 50.4 Å². The summed E-state index contributed by atoms with van der Waals surface area (Å²) in [5, 5.41) is 36.4. The maximum absolute atomic E-state index is 9.09. The molecule has 0 heterocycles. The van der Waals surface area contributed by atoms with Gasteiger partial charge in [0.2, 0.25) is 0 Å². The second-order valence-corrected chi connectivity index (χ2v) is 12.7. The van der Waals surface area contributed by atoms with Crippen molar-refractivity contribution in [3.8, 4) is 0 Å². The first-order valence-corrected chi connectivity index (χ1v) is 18.3. The lowest BCUT2D eigenvalue weighted by Gasteiger charge is -2.13. The summed E-state index contributed by atoms with van der Waals surface area (Å²) >= 11 is 0. The van der Waals surface area contributed by atoms with E-state index in [1.54, 1.807) is 0 Å². The van der Waals surface area contributed by atoms with E-state index in [0.717, 1.165) is 51.7 Å². The third kappa shape index (κ3) is 32.5. The molecule has 0 saturated heterocycles. The summed E-state index contributed by atoms with van der Waals surface area (Å²) in [5.41, 5.74) is 0. The van der Waals surface area contributed by atoms with Crippen LogP contribution in [0.4, 0.5) is 0 Å². The fraction of sp³-hybridized carbons (Fsp3) is 1.00. The molecule has 0 aromatic carbocycles. The van der Waals surface area contributed by atoms with Crippen molar-refractivity contribution < 1.29 is 25.2 Å². The van der Waals surface area contributed by atoms with Gasteiger partial charge in [0.05, 0.1) is 0 Å². The van der Waals surface area contributed by atoms with Gasteiger partial charge in [0.1, 0.15) is 0 Å². The summed E-state index contributed by atoms with van der Waals surface area (Å²) in [4.78, 5) is 0. The van der Waals surface area contributed by atoms with Gasteiger partial charge in [0.15, 0.2) is 0 Å². The van der Waals surface area contributed by atoms with Crippen molar-refractivity contribution in [1.29, 1.82) is 0 Å². The van der Waals surface area contributed by atoms with Gasteiger partial charge in [-0.3, -0.25) is 0 Å². The minimum Gasteiger partial charge on any atom is -0.396 e. The summed E-state index contributed by atoms with van der Waals surface area (Å²) in [6.07, 6.45) is 35.0. The average molecular weight is 587 g/mol. The summed E-state index contributed by atoms with van der Waals surface area (Å²) in [6.45, 7) is 2.91. The van der Waals surface area contributed by atoms with Gasteiger partial charge >= 0.3 is 0 Å². The van der Waals surface area contributed by atoms with E-state index in [9.17, 15) is 0 Å². The molecule has 0 radical (unpaired) electrons. The molecule has 5 nitrogen and oxygen atoms in total. The molecule has 0 aliphatic heterocycles. The Labute approximate surface area is 256 Å².